The molecular weight excluding hydrogens is 246 g/mol. The largest absolute Gasteiger partial charge is 1.00 e. The summed E-state index contributed by atoms with van der Waals surface area (Å²) in [5.74, 6) is -0.0939. The molecule has 0 atom stereocenters. The van der Waals surface area contributed by atoms with Crippen LogP contribution < -0.4 is 17.0 Å². The molecule has 0 saturated heterocycles. The van der Waals surface area contributed by atoms with Crippen LogP contribution in [0.1, 0.15) is 26.7 Å². The van der Waals surface area contributed by atoms with Crippen LogP contribution in [0.3, 0.4) is 0 Å². The molecule has 0 heterocycles. The van der Waals surface area contributed by atoms with E-state index in [0.29, 0.717) is 13.2 Å². The molecule has 0 bridgehead atoms. The van der Waals surface area contributed by atoms with Crippen molar-refractivity contribution in [3.8, 4) is 0 Å². The molecule has 0 N–H and O–H groups in total. The van der Waals surface area contributed by atoms with Crippen molar-refractivity contribution < 1.29 is 31.0 Å². The third kappa shape index (κ3) is 8.51. The van der Waals surface area contributed by atoms with E-state index < -0.39 is 0 Å². The number of carbonyl (C=O) groups is 1. The minimum absolute atomic E-state index is 0. The van der Waals surface area contributed by atoms with E-state index in [9.17, 15) is 4.79 Å². The van der Waals surface area contributed by atoms with Gasteiger partial charge in [-0.05, 0) is 13.3 Å². The molecule has 0 aromatic heterocycles. The Bertz CT molecular complexity index is 160. The maximum Gasteiger partial charge on any atom is 0.361 e. The summed E-state index contributed by atoms with van der Waals surface area (Å²) in [6.07, 6.45) is 2.33. The minimum Gasteiger partial charge on any atom is -1.00 e. The zero-order valence-corrected chi connectivity index (χ0v) is 11.3. The number of nitrogens with zero attached hydrogens (tertiary/aromatic N) is 1. The molecule has 0 unspecified atom stereocenters. The third-order valence-corrected chi connectivity index (χ3v) is 1.98. The Labute approximate surface area is 97.8 Å². The third-order valence-electron chi connectivity index (χ3n) is 1.98. The SMILES string of the molecule is CCCC[N+](C)(C)CC(=O)OCC.[Br-]. The highest BCUT2D eigenvalue weighted by Crippen LogP contribution is 2.01. The molecular formula is C10H22BrNO2. The van der Waals surface area contributed by atoms with E-state index in [4.69, 9.17) is 4.74 Å². The van der Waals surface area contributed by atoms with Crippen LogP contribution >= 0.6 is 0 Å². The van der Waals surface area contributed by atoms with Crippen LogP contribution in [-0.2, 0) is 9.53 Å². The molecule has 0 aliphatic heterocycles. The van der Waals surface area contributed by atoms with Gasteiger partial charge in [-0.25, -0.2) is 4.79 Å². The van der Waals surface area contributed by atoms with E-state index in [1.165, 1.54) is 6.42 Å². The van der Waals surface area contributed by atoms with Crippen molar-refractivity contribution in [3.63, 3.8) is 0 Å². The molecule has 0 aromatic rings. The first-order chi connectivity index (χ1) is 6.02. The van der Waals surface area contributed by atoms with Gasteiger partial charge in [0.05, 0.1) is 27.2 Å². The number of ether oxygens (including phenoxy) is 1. The van der Waals surface area contributed by atoms with Crippen molar-refractivity contribution in [3.05, 3.63) is 0 Å². The van der Waals surface area contributed by atoms with Crippen LogP contribution in [0.15, 0.2) is 0 Å². The summed E-state index contributed by atoms with van der Waals surface area (Å²) in [7, 11) is 4.12. The maximum absolute atomic E-state index is 11.2. The van der Waals surface area contributed by atoms with Gasteiger partial charge in [0.1, 0.15) is 0 Å². The Morgan fingerprint density at radius 1 is 1.29 bits per heavy atom. The highest BCUT2D eigenvalue weighted by molar-refractivity contribution is 5.70. The standard InChI is InChI=1S/C10H22NO2.BrH/c1-5-7-8-11(3,4)9-10(12)13-6-2;/h5-9H2,1-4H3;1H/q+1;/p-1. The van der Waals surface area contributed by atoms with Crippen LogP contribution in [0.2, 0.25) is 0 Å². The van der Waals surface area contributed by atoms with Gasteiger partial charge in [0.2, 0.25) is 0 Å². The summed E-state index contributed by atoms with van der Waals surface area (Å²) in [4.78, 5) is 11.2. The lowest BCUT2D eigenvalue weighted by molar-refractivity contribution is -0.883. The lowest BCUT2D eigenvalue weighted by atomic mass is 10.3. The first-order valence-corrected chi connectivity index (χ1v) is 4.99. The average Bonchev–Trinajstić information content (AvgIpc) is 2.00. The van der Waals surface area contributed by atoms with Crippen LogP contribution in [0.25, 0.3) is 0 Å². The number of quaternary nitrogens is 1. The van der Waals surface area contributed by atoms with E-state index in [1.54, 1.807) is 0 Å². The normalized spacial score (nSPS) is 10.6. The van der Waals surface area contributed by atoms with Gasteiger partial charge in [-0.3, -0.25) is 0 Å². The van der Waals surface area contributed by atoms with Gasteiger partial charge in [-0.15, -0.1) is 0 Å². The molecule has 3 nitrogen and oxygen atoms in total. The van der Waals surface area contributed by atoms with E-state index in [-0.39, 0.29) is 23.0 Å². The number of hydrogen-bond donors (Lipinski definition) is 0. The molecule has 0 amide bonds. The highest BCUT2D eigenvalue weighted by atomic mass is 79.9. The predicted octanol–water partition coefficient (Wildman–Crippen LogP) is -1.57. The fourth-order valence-corrected chi connectivity index (χ4v) is 1.22. The second-order valence-corrected chi connectivity index (χ2v) is 3.98. The molecule has 0 saturated carbocycles. The minimum atomic E-state index is -0.0939. The van der Waals surface area contributed by atoms with Crippen LogP contribution in [0, 0.1) is 0 Å². The van der Waals surface area contributed by atoms with E-state index in [0.717, 1.165) is 17.4 Å². The van der Waals surface area contributed by atoms with Crippen molar-refractivity contribution in [2.24, 2.45) is 0 Å². The molecule has 0 spiro atoms. The van der Waals surface area contributed by atoms with Crippen molar-refractivity contribution in [2.45, 2.75) is 26.7 Å². The van der Waals surface area contributed by atoms with Gasteiger partial charge in [0, 0.05) is 0 Å². The molecule has 0 aromatic carbocycles. The molecule has 0 aliphatic rings. The summed E-state index contributed by atoms with van der Waals surface area (Å²) in [5, 5.41) is 0. The molecule has 4 heteroatoms. The van der Waals surface area contributed by atoms with Gasteiger partial charge < -0.3 is 26.2 Å². The Kier molecular flexibility index (Phi) is 9.62. The Hall–Kier alpha value is -0.0900. The smallest absolute Gasteiger partial charge is 0.361 e. The van der Waals surface area contributed by atoms with E-state index >= 15 is 0 Å². The van der Waals surface area contributed by atoms with Gasteiger partial charge in [-0.2, -0.15) is 0 Å². The fourth-order valence-electron chi connectivity index (χ4n) is 1.22. The number of unbranched alkanes of at least 4 members (excludes halogenated alkanes) is 1. The quantitative estimate of drug-likeness (QED) is 0.430. The lowest BCUT2D eigenvalue weighted by Gasteiger charge is -2.28. The summed E-state index contributed by atoms with van der Waals surface area (Å²) >= 11 is 0. The average molecular weight is 268 g/mol. The Morgan fingerprint density at radius 3 is 2.29 bits per heavy atom. The van der Waals surface area contributed by atoms with Crippen molar-refractivity contribution in [1.29, 1.82) is 0 Å². The molecule has 0 radical (unpaired) electrons. The molecule has 86 valence electrons. The molecule has 14 heavy (non-hydrogen) atoms. The van der Waals surface area contributed by atoms with E-state index in [1.807, 2.05) is 6.92 Å². The second-order valence-electron chi connectivity index (χ2n) is 3.98. The highest BCUT2D eigenvalue weighted by Gasteiger charge is 2.19. The number of rotatable bonds is 6. The van der Waals surface area contributed by atoms with E-state index in [2.05, 4.69) is 21.0 Å². The first-order valence-electron chi connectivity index (χ1n) is 4.99. The Morgan fingerprint density at radius 2 is 1.86 bits per heavy atom. The molecule has 0 aliphatic carbocycles. The number of carbonyl (C=O) groups excluding carboxylic acids is 1. The number of hydrogen-bond acceptors (Lipinski definition) is 2. The van der Waals surface area contributed by atoms with Crippen LogP contribution in [0.4, 0.5) is 0 Å². The fraction of sp³-hybridized carbons (Fsp3) is 0.900. The van der Waals surface area contributed by atoms with Crippen molar-refractivity contribution >= 4 is 5.97 Å². The monoisotopic (exact) mass is 267 g/mol. The van der Waals surface area contributed by atoms with Crippen LogP contribution in [-0.4, -0.2) is 44.2 Å². The number of halogens is 1. The summed E-state index contributed by atoms with van der Waals surface area (Å²) in [6.45, 7) is 5.99. The van der Waals surface area contributed by atoms with Gasteiger partial charge in [-0.1, -0.05) is 13.3 Å². The predicted molar refractivity (Wildman–Crippen MR) is 53.4 cm³/mol. The number of likely N-dealkylation sites (N-methyl/N-ethyl adjacent to an activating group) is 1. The van der Waals surface area contributed by atoms with Crippen molar-refractivity contribution in [1.82, 2.24) is 0 Å². The summed E-state index contributed by atoms with van der Waals surface area (Å²) < 4.78 is 5.63. The van der Waals surface area contributed by atoms with Crippen molar-refractivity contribution in [2.75, 3.05) is 33.8 Å². The van der Waals surface area contributed by atoms with Crippen LogP contribution in [0.5, 0.6) is 0 Å². The maximum atomic E-state index is 11.2. The summed E-state index contributed by atoms with van der Waals surface area (Å²) in [6, 6.07) is 0. The lowest BCUT2D eigenvalue weighted by Crippen LogP contribution is -3.00. The first kappa shape index (κ1) is 16.3. The van der Waals surface area contributed by atoms with Gasteiger partial charge >= 0.3 is 5.97 Å². The summed E-state index contributed by atoms with van der Waals surface area (Å²) in [5.41, 5.74) is 0. The molecule has 0 rings (SSSR count). The second kappa shape index (κ2) is 8.24. The zero-order chi connectivity index (χ0) is 10.3. The Balaban J connectivity index is 0. The zero-order valence-electron chi connectivity index (χ0n) is 9.68. The topological polar surface area (TPSA) is 26.3 Å². The van der Waals surface area contributed by atoms with Gasteiger partial charge in [0.15, 0.2) is 6.54 Å². The van der Waals surface area contributed by atoms with Gasteiger partial charge in [0.25, 0.3) is 0 Å². The number of esters is 1. The molecule has 0 fully saturated rings.